The summed E-state index contributed by atoms with van der Waals surface area (Å²) in [4.78, 5) is 0. The molecular weight excluding hydrogens is 241 g/mol. The van der Waals surface area contributed by atoms with Gasteiger partial charge in [-0.3, -0.25) is 0 Å². The molecule has 0 radical (unpaired) electrons. The van der Waals surface area contributed by atoms with Gasteiger partial charge in [-0.25, -0.2) is 4.39 Å². The molecule has 1 aromatic rings. The summed E-state index contributed by atoms with van der Waals surface area (Å²) in [5.41, 5.74) is 0.633. The highest BCUT2D eigenvalue weighted by Crippen LogP contribution is 2.27. The van der Waals surface area contributed by atoms with Gasteiger partial charge in [0.15, 0.2) is 11.6 Å². The predicted molar refractivity (Wildman–Crippen MR) is 67.3 cm³/mol. The highest BCUT2D eigenvalue weighted by Gasteiger charge is 2.17. The Morgan fingerprint density at radius 2 is 2.29 bits per heavy atom. The molecular formula is C13H17ClFNO. The molecule has 2 nitrogen and oxygen atoms in total. The summed E-state index contributed by atoms with van der Waals surface area (Å²) in [6, 6.07) is 3.55. The van der Waals surface area contributed by atoms with E-state index < -0.39 is 0 Å². The van der Waals surface area contributed by atoms with Crippen LogP contribution in [-0.2, 0) is 6.42 Å². The second kappa shape index (κ2) is 5.69. The average molecular weight is 258 g/mol. The van der Waals surface area contributed by atoms with Gasteiger partial charge in [0.25, 0.3) is 0 Å². The fourth-order valence-electron chi connectivity index (χ4n) is 2.28. The minimum atomic E-state index is -0.288. The fraction of sp³-hybridized carbons (Fsp3) is 0.538. The Balaban J connectivity index is 2.16. The van der Waals surface area contributed by atoms with Crippen LogP contribution in [-0.4, -0.2) is 19.7 Å². The van der Waals surface area contributed by atoms with Crippen molar-refractivity contribution in [3.05, 3.63) is 28.5 Å². The lowest BCUT2D eigenvalue weighted by atomic mass is 9.97. The van der Waals surface area contributed by atoms with Crippen LogP contribution in [0, 0.1) is 5.82 Å². The van der Waals surface area contributed by atoms with Crippen LogP contribution in [0.15, 0.2) is 12.1 Å². The molecule has 2 rings (SSSR count). The van der Waals surface area contributed by atoms with Gasteiger partial charge in [0.1, 0.15) is 0 Å². The lowest BCUT2D eigenvalue weighted by Crippen LogP contribution is -2.35. The van der Waals surface area contributed by atoms with Crippen LogP contribution in [0.1, 0.15) is 24.8 Å². The second-order valence-electron chi connectivity index (χ2n) is 4.43. The quantitative estimate of drug-likeness (QED) is 0.898. The van der Waals surface area contributed by atoms with E-state index in [0.29, 0.717) is 23.0 Å². The Kier molecular flexibility index (Phi) is 4.24. The van der Waals surface area contributed by atoms with Gasteiger partial charge in [0.2, 0.25) is 0 Å². The van der Waals surface area contributed by atoms with E-state index in [1.165, 1.54) is 26.0 Å². The van der Waals surface area contributed by atoms with Crippen LogP contribution in [0.5, 0.6) is 5.75 Å². The molecule has 1 N–H and O–H groups in total. The molecule has 1 unspecified atom stereocenters. The predicted octanol–water partition coefficient (Wildman–Crippen LogP) is 3.17. The maximum Gasteiger partial charge on any atom is 0.168 e. The van der Waals surface area contributed by atoms with E-state index in [1.807, 2.05) is 0 Å². The Morgan fingerprint density at radius 1 is 1.47 bits per heavy atom. The van der Waals surface area contributed by atoms with E-state index >= 15 is 0 Å². The van der Waals surface area contributed by atoms with Gasteiger partial charge in [-0.2, -0.15) is 0 Å². The van der Waals surface area contributed by atoms with Crippen LogP contribution in [0.2, 0.25) is 5.02 Å². The van der Waals surface area contributed by atoms with Gasteiger partial charge < -0.3 is 10.1 Å². The van der Waals surface area contributed by atoms with Gasteiger partial charge >= 0.3 is 0 Å². The summed E-state index contributed by atoms with van der Waals surface area (Å²) in [5.74, 6) is -0.0624. The first-order valence-electron chi connectivity index (χ1n) is 5.96. The van der Waals surface area contributed by atoms with E-state index in [9.17, 15) is 4.39 Å². The molecule has 94 valence electrons. The van der Waals surface area contributed by atoms with Crippen molar-refractivity contribution < 1.29 is 9.13 Å². The van der Waals surface area contributed by atoms with E-state index in [-0.39, 0.29) is 11.6 Å². The molecule has 1 aliphatic rings. The number of rotatable bonds is 3. The number of piperidine rings is 1. The molecule has 4 heteroatoms. The maximum atomic E-state index is 14.0. The first-order valence-corrected chi connectivity index (χ1v) is 6.34. The molecule has 1 atom stereocenters. The van der Waals surface area contributed by atoms with Crippen LogP contribution in [0.25, 0.3) is 0 Å². The molecule has 0 amide bonds. The zero-order chi connectivity index (χ0) is 12.3. The Morgan fingerprint density at radius 3 is 2.94 bits per heavy atom. The molecule has 0 spiro atoms. The third-order valence-electron chi connectivity index (χ3n) is 3.18. The van der Waals surface area contributed by atoms with Crippen molar-refractivity contribution in [3.63, 3.8) is 0 Å². The number of hydrogen-bond donors (Lipinski definition) is 1. The third kappa shape index (κ3) is 3.11. The first-order chi connectivity index (χ1) is 8.20. The highest BCUT2D eigenvalue weighted by molar-refractivity contribution is 6.30. The van der Waals surface area contributed by atoms with Gasteiger partial charge in [-0.15, -0.1) is 0 Å². The molecule has 0 aliphatic carbocycles. The standard InChI is InChI=1S/C13H17ClFNO/c1-17-12-8-10(14)6-9(13(12)15)7-11-4-2-3-5-16-11/h6,8,11,16H,2-5,7H2,1H3. The lowest BCUT2D eigenvalue weighted by Gasteiger charge is -2.24. The van der Waals surface area contributed by atoms with E-state index in [0.717, 1.165) is 13.0 Å². The molecule has 1 saturated heterocycles. The molecule has 1 heterocycles. The smallest absolute Gasteiger partial charge is 0.168 e. The van der Waals surface area contributed by atoms with E-state index in [2.05, 4.69) is 5.32 Å². The van der Waals surface area contributed by atoms with Crippen molar-refractivity contribution in [2.75, 3.05) is 13.7 Å². The SMILES string of the molecule is COc1cc(Cl)cc(CC2CCCCN2)c1F. The van der Waals surface area contributed by atoms with Crippen molar-refractivity contribution in [1.29, 1.82) is 0 Å². The maximum absolute atomic E-state index is 14.0. The molecule has 0 bridgehead atoms. The molecule has 17 heavy (non-hydrogen) atoms. The van der Waals surface area contributed by atoms with E-state index in [1.54, 1.807) is 6.07 Å². The molecule has 1 aromatic carbocycles. The Bertz CT molecular complexity index is 391. The number of hydrogen-bond acceptors (Lipinski definition) is 2. The summed E-state index contributed by atoms with van der Waals surface area (Å²) in [6.45, 7) is 1.02. The van der Waals surface area contributed by atoms with Gasteiger partial charge in [-0.1, -0.05) is 18.0 Å². The lowest BCUT2D eigenvalue weighted by molar-refractivity contribution is 0.373. The summed E-state index contributed by atoms with van der Waals surface area (Å²) in [7, 11) is 1.46. The number of methoxy groups -OCH3 is 1. The van der Waals surface area contributed by atoms with Gasteiger partial charge in [0.05, 0.1) is 7.11 Å². The zero-order valence-electron chi connectivity index (χ0n) is 9.93. The Hall–Kier alpha value is -0.800. The van der Waals surface area contributed by atoms with Crippen LogP contribution < -0.4 is 10.1 Å². The third-order valence-corrected chi connectivity index (χ3v) is 3.40. The summed E-state index contributed by atoms with van der Waals surface area (Å²) >= 11 is 5.95. The van der Waals surface area contributed by atoms with Crippen LogP contribution in [0.3, 0.4) is 0 Å². The largest absolute Gasteiger partial charge is 0.494 e. The average Bonchev–Trinajstić information content (AvgIpc) is 2.34. The van der Waals surface area contributed by atoms with Crippen LogP contribution in [0.4, 0.5) is 4.39 Å². The van der Waals surface area contributed by atoms with Gasteiger partial charge in [0, 0.05) is 17.1 Å². The molecule has 0 aromatic heterocycles. The number of halogens is 2. The van der Waals surface area contributed by atoms with Crippen molar-refractivity contribution in [2.24, 2.45) is 0 Å². The minimum Gasteiger partial charge on any atom is -0.494 e. The van der Waals surface area contributed by atoms with Crippen molar-refractivity contribution in [2.45, 2.75) is 31.7 Å². The second-order valence-corrected chi connectivity index (χ2v) is 4.87. The summed E-state index contributed by atoms with van der Waals surface area (Å²) in [5, 5.41) is 3.92. The van der Waals surface area contributed by atoms with Gasteiger partial charge in [-0.05, 0) is 37.4 Å². The van der Waals surface area contributed by atoms with E-state index in [4.69, 9.17) is 16.3 Å². The van der Waals surface area contributed by atoms with Crippen LogP contribution >= 0.6 is 11.6 Å². The number of ether oxygens (including phenoxy) is 1. The fourth-order valence-corrected chi connectivity index (χ4v) is 2.51. The number of nitrogens with one attached hydrogen (secondary N) is 1. The normalized spacial score (nSPS) is 20.3. The van der Waals surface area contributed by atoms with Crippen molar-refractivity contribution >= 4 is 11.6 Å². The monoisotopic (exact) mass is 257 g/mol. The Labute approximate surface area is 106 Å². The zero-order valence-corrected chi connectivity index (χ0v) is 10.7. The number of benzene rings is 1. The van der Waals surface area contributed by atoms with Crippen molar-refractivity contribution in [1.82, 2.24) is 5.32 Å². The molecule has 1 fully saturated rings. The minimum absolute atomic E-state index is 0.225. The molecule has 0 saturated carbocycles. The summed E-state index contributed by atoms with van der Waals surface area (Å²) < 4.78 is 19.0. The van der Waals surface area contributed by atoms with Crippen molar-refractivity contribution in [3.8, 4) is 5.75 Å². The first kappa shape index (κ1) is 12.7. The summed E-state index contributed by atoms with van der Waals surface area (Å²) in [6.07, 6.45) is 4.17. The highest BCUT2D eigenvalue weighted by atomic mass is 35.5. The topological polar surface area (TPSA) is 21.3 Å². The molecule has 1 aliphatic heterocycles.